The fourth-order valence-electron chi connectivity index (χ4n) is 2.21. The Hall–Kier alpha value is -1.02. The maximum Gasteiger partial charge on any atom is 0.119 e. The van der Waals surface area contributed by atoms with Crippen molar-refractivity contribution in [2.24, 2.45) is 0 Å². The monoisotopic (exact) mass is 278 g/mol. The van der Waals surface area contributed by atoms with Crippen molar-refractivity contribution in [1.29, 1.82) is 0 Å². The summed E-state index contributed by atoms with van der Waals surface area (Å²) in [6, 6.07) is 8.46. The number of unbranched alkanes of at least 4 members (excludes halogenated alkanes) is 5. The van der Waals surface area contributed by atoms with E-state index in [9.17, 15) is 0 Å². The summed E-state index contributed by atoms with van der Waals surface area (Å²) < 4.78 is 10.9. The zero-order valence-corrected chi connectivity index (χ0v) is 13.4. The van der Waals surface area contributed by atoms with Gasteiger partial charge in [-0.3, -0.25) is 0 Å². The molecule has 0 N–H and O–H groups in total. The zero-order valence-electron chi connectivity index (χ0n) is 13.4. The lowest BCUT2D eigenvalue weighted by Gasteiger charge is -2.10. The Balaban J connectivity index is 2.05. The van der Waals surface area contributed by atoms with Crippen molar-refractivity contribution in [3.05, 3.63) is 29.8 Å². The minimum absolute atomic E-state index is 0.561. The normalized spacial score (nSPS) is 11.0. The average Bonchev–Trinajstić information content (AvgIpc) is 2.46. The van der Waals surface area contributed by atoms with E-state index in [2.05, 4.69) is 38.1 Å². The number of benzene rings is 1. The Labute approximate surface area is 124 Å². The predicted molar refractivity (Wildman–Crippen MR) is 85.6 cm³/mol. The summed E-state index contributed by atoms with van der Waals surface area (Å²) in [6.07, 6.45) is 7.50. The molecule has 0 radical (unpaired) electrons. The second-order valence-corrected chi connectivity index (χ2v) is 5.69. The molecule has 0 aliphatic rings. The number of rotatable bonds is 11. The molecule has 114 valence electrons. The first-order valence-electron chi connectivity index (χ1n) is 7.95. The molecule has 0 spiro atoms. The van der Waals surface area contributed by atoms with Crippen molar-refractivity contribution < 1.29 is 9.47 Å². The summed E-state index contributed by atoms with van der Waals surface area (Å²) in [5, 5.41) is 0. The molecule has 0 fully saturated rings. The third-order valence-corrected chi connectivity index (χ3v) is 3.54. The van der Waals surface area contributed by atoms with Crippen molar-refractivity contribution in [2.75, 3.05) is 20.3 Å². The summed E-state index contributed by atoms with van der Waals surface area (Å²) in [7, 11) is 1.77. The van der Waals surface area contributed by atoms with Gasteiger partial charge in [-0.25, -0.2) is 0 Å². The van der Waals surface area contributed by atoms with Crippen LogP contribution in [0.1, 0.15) is 63.9 Å². The first-order chi connectivity index (χ1) is 9.74. The van der Waals surface area contributed by atoms with E-state index in [0.29, 0.717) is 5.92 Å². The molecule has 0 atom stereocenters. The highest BCUT2D eigenvalue weighted by molar-refractivity contribution is 5.30. The molecule has 0 unspecified atom stereocenters. The van der Waals surface area contributed by atoms with Crippen LogP contribution in [-0.4, -0.2) is 20.3 Å². The second-order valence-electron chi connectivity index (χ2n) is 5.69. The number of methoxy groups -OCH3 is 1. The SMILES string of the molecule is COCCCCCCCCOc1cccc(C(C)C)c1. The Bertz CT molecular complexity index is 347. The summed E-state index contributed by atoms with van der Waals surface area (Å²) >= 11 is 0. The Morgan fingerprint density at radius 2 is 1.55 bits per heavy atom. The summed E-state index contributed by atoms with van der Waals surface area (Å²) in [6.45, 7) is 6.15. The molecule has 1 aromatic carbocycles. The van der Waals surface area contributed by atoms with Crippen LogP contribution in [0.3, 0.4) is 0 Å². The van der Waals surface area contributed by atoms with Gasteiger partial charge in [0.2, 0.25) is 0 Å². The molecule has 1 aromatic rings. The van der Waals surface area contributed by atoms with E-state index < -0.39 is 0 Å². The molecule has 0 aliphatic carbocycles. The molecule has 20 heavy (non-hydrogen) atoms. The fourth-order valence-corrected chi connectivity index (χ4v) is 2.21. The lowest BCUT2D eigenvalue weighted by molar-refractivity contribution is 0.191. The topological polar surface area (TPSA) is 18.5 Å². The van der Waals surface area contributed by atoms with Gasteiger partial charge in [-0.1, -0.05) is 51.7 Å². The van der Waals surface area contributed by atoms with E-state index in [0.717, 1.165) is 25.4 Å². The van der Waals surface area contributed by atoms with Crippen LogP contribution in [0.4, 0.5) is 0 Å². The third kappa shape index (κ3) is 7.54. The standard InChI is InChI=1S/C18H30O2/c1-16(2)17-11-10-12-18(15-17)20-14-9-7-5-4-6-8-13-19-3/h10-12,15-16H,4-9,13-14H2,1-3H3. The Morgan fingerprint density at radius 3 is 2.20 bits per heavy atom. The van der Waals surface area contributed by atoms with E-state index in [-0.39, 0.29) is 0 Å². The van der Waals surface area contributed by atoms with Crippen LogP contribution in [0.2, 0.25) is 0 Å². The second kappa shape index (κ2) is 10.7. The van der Waals surface area contributed by atoms with E-state index in [1.165, 1.54) is 37.7 Å². The predicted octanol–water partition coefficient (Wildman–Crippen LogP) is 5.18. The van der Waals surface area contributed by atoms with Gasteiger partial charge in [0.1, 0.15) is 5.75 Å². The van der Waals surface area contributed by atoms with Crippen LogP contribution >= 0.6 is 0 Å². The van der Waals surface area contributed by atoms with Crippen LogP contribution in [0, 0.1) is 0 Å². The van der Waals surface area contributed by atoms with E-state index in [1.54, 1.807) is 7.11 Å². The van der Waals surface area contributed by atoms with Gasteiger partial charge in [0, 0.05) is 13.7 Å². The molecule has 1 rings (SSSR count). The van der Waals surface area contributed by atoms with Crippen molar-refractivity contribution >= 4 is 0 Å². The minimum atomic E-state index is 0.561. The zero-order chi connectivity index (χ0) is 14.6. The van der Waals surface area contributed by atoms with Gasteiger partial charge in [-0.2, -0.15) is 0 Å². The van der Waals surface area contributed by atoms with Gasteiger partial charge in [-0.05, 0) is 36.5 Å². The molecule has 0 amide bonds. The van der Waals surface area contributed by atoms with Crippen LogP contribution in [0.15, 0.2) is 24.3 Å². The van der Waals surface area contributed by atoms with Crippen LogP contribution < -0.4 is 4.74 Å². The molecule has 0 saturated heterocycles. The first-order valence-corrected chi connectivity index (χ1v) is 7.95. The van der Waals surface area contributed by atoms with Gasteiger partial charge < -0.3 is 9.47 Å². The molecule has 0 aliphatic heterocycles. The van der Waals surface area contributed by atoms with Crippen LogP contribution in [0.25, 0.3) is 0 Å². The lowest BCUT2D eigenvalue weighted by atomic mass is 10.0. The first kappa shape index (κ1) is 17.0. The lowest BCUT2D eigenvalue weighted by Crippen LogP contribution is -1.98. The number of ether oxygens (including phenoxy) is 2. The summed E-state index contributed by atoms with van der Waals surface area (Å²) in [4.78, 5) is 0. The molecule has 2 nitrogen and oxygen atoms in total. The van der Waals surface area contributed by atoms with Gasteiger partial charge in [0.15, 0.2) is 0 Å². The van der Waals surface area contributed by atoms with E-state index in [1.807, 2.05) is 0 Å². The molecule has 0 aromatic heterocycles. The Morgan fingerprint density at radius 1 is 0.900 bits per heavy atom. The van der Waals surface area contributed by atoms with Crippen LogP contribution in [-0.2, 0) is 4.74 Å². The largest absolute Gasteiger partial charge is 0.494 e. The molecule has 0 heterocycles. The van der Waals surface area contributed by atoms with Gasteiger partial charge >= 0.3 is 0 Å². The average molecular weight is 278 g/mol. The van der Waals surface area contributed by atoms with Crippen molar-refractivity contribution in [2.45, 2.75) is 58.3 Å². The fraction of sp³-hybridized carbons (Fsp3) is 0.667. The highest BCUT2D eigenvalue weighted by Gasteiger charge is 2.00. The summed E-state index contributed by atoms with van der Waals surface area (Å²) in [5.74, 6) is 1.57. The smallest absolute Gasteiger partial charge is 0.119 e. The van der Waals surface area contributed by atoms with Crippen molar-refractivity contribution in [1.82, 2.24) is 0 Å². The number of hydrogen-bond acceptors (Lipinski definition) is 2. The van der Waals surface area contributed by atoms with Crippen LogP contribution in [0.5, 0.6) is 5.75 Å². The maximum atomic E-state index is 5.82. The van der Waals surface area contributed by atoms with Gasteiger partial charge in [0.05, 0.1) is 6.61 Å². The van der Waals surface area contributed by atoms with Gasteiger partial charge in [-0.15, -0.1) is 0 Å². The quantitative estimate of drug-likeness (QED) is 0.519. The molecule has 0 bridgehead atoms. The van der Waals surface area contributed by atoms with Crippen molar-refractivity contribution in [3.8, 4) is 5.75 Å². The van der Waals surface area contributed by atoms with Crippen molar-refractivity contribution in [3.63, 3.8) is 0 Å². The van der Waals surface area contributed by atoms with E-state index >= 15 is 0 Å². The third-order valence-electron chi connectivity index (χ3n) is 3.54. The summed E-state index contributed by atoms with van der Waals surface area (Å²) in [5.41, 5.74) is 1.35. The van der Waals surface area contributed by atoms with Gasteiger partial charge in [0.25, 0.3) is 0 Å². The Kier molecular flexibility index (Phi) is 9.14. The van der Waals surface area contributed by atoms with E-state index in [4.69, 9.17) is 9.47 Å². The maximum absolute atomic E-state index is 5.82. The highest BCUT2D eigenvalue weighted by atomic mass is 16.5. The number of hydrogen-bond donors (Lipinski definition) is 0. The highest BCUT2D eigenvalue weighted by Crippen LogP contribution is 2.20. The molecular weight excluding hydrogens is 248 g/mol. The molecular formula is C18H30O2. The minimum Gasteiger partial charge on any atom is -0.494 e. The molecule has 2 heteroatoms. The molecule has 0 saturated carbocycles.